The zero-order chi connectivity index (χ0) is 19.3. The van der Waals surface area contributed by atoms with Gasteiger partial charge in [-0.1, -0.05) is 11.6 Å². The van der Waals surface area contributed by atoms with Crippen molar-refractivity contribution in [2.45, 2.75) is 12.7 Å². The van der Waals surface area contributed by atoms with Crippen LogP contribution < -0.4 is 15.0 Å². The number of anilines is 1. The Morgan fingerprint density at radius 1 is 1.19 bits per heavy atom. The monoisotopic (exact) mass is 387 g/mol. The minimum atomic E-state index is -4.50. The van der Waals surface area contributed by atoms with Gasteiger partial charge in [0.15, 0.2) is 6.54 Å². The predicted molar refractivity (Wildman–Crippen MR) is 93.5 cm³/mol. The quantitative estimate of drug-likeness (QED) is 0.800. The van der Waals surface area contributed by atoms with Gasteiger partial charge in [0.05, 0.1) is 30.4 Å². The molecule has 0 radical (unpaired) electrons. The van der Waals surface area contributed by atoms with Gasteiger partial charge in [-0.2, -0.15) is 13.2 Å². The van der Waals surface area contributed by atoms with E-state index < -0.39 is 17.6 Å². The molecule has 0 aliphatic heterocycles. The minimum absolute atomic E-state index is 0.0521. The Kier molecular flexibility index (Phi) is 6.50. The lowest BCUT2D eigenvalue weighted by molar-refractivity contribution is -0.885. The van der Waals surface area contributed by atoms with Gasteiger partial charge in [-0.3, -0.25) is 4.79 Å². The highest BCUT2D eigenvalue weighted by atomic mass is 35.5. The number of rotatable bonds is 6. The molecule has 2 N–H and O–H groups in total. The Balaban J connectivity index is 1.97. The number of quaternary nitrogens is 1. The lowest BCUT2D eigenvalue weighted by Gasteiger charge is -2.15. The molecule has 2 rings (SSSR count). The maximum absolute atomic E-state index is 12.8. The number of carbonyl (C=O) groups is 1. The molecule has 140 valence electrons. The molecule has 1 amide bonds. The van der Waals surface area contributed by atoms with Crippen molar-refractivity contribution in [1.29, 1.82) is 0 Å². The summed E-state index contributed by atoms with van der Waals surface area (Å²) in [7, 11) is 3.40. The number of carbonyl (C=O) groups excluding carboxylic acids is 1. The SMILES string of the molecule is COc1ccc(C[NH+](C)CC(=O)Nc2cc(C(F)(F)F)ccc2Cl)cc1. The van der Waals surface area contributed by atoms with E-state index in [1.54, 1.807) is 7.11 Å². The zero-order valence-electron chi connectivity index (χ0n) is 14.3. The topological polar surface area (TPSA) is 42.8 Å². The van der Waals surface area contributed by atoms with E-state index in [2.05, 4.69) is 5.32 Å². The smallest absolute Gasteiger partial charge is 0.416 e. The number of benzene rings is 2. The van der Waals surface area contributed by atoms with Crippen LogP contribution in [-0.2, 0) is 17.5 Å². The Labute approximate surface area is 154 Å². The standard InChI is InChI=1S/C18H18ClF3N2O2/c1-24(10-12-3-6-14(26-2)7-4-12)11-17(25)23-16-9-13(18(20,21)22)5-8-15(16)19/h3-9H,10-11H2,1-2H3,(H,23,25)/p+1. The van der Waals surface area contributed by atoms with E-state index in [0.717, 1.165) is 34.4 Å². The fourth-order valence-corrected chi connectivity index (χ4v) is 2.59. The fourth-order valence-electron chi connectivity index (χ4n) is 2.42. The molecule has 1 unspecified atom stereocenters. The van der Waals surface area contributed by atoms with Crippen molar-refractivity contribution in [3.8, 4) is 5.75 Å². The molecule has 0 spiro atoms. The number of methoxy groups -OCH3 is 1. The third kappa shape index (κ3) is 5.64. The summed E-state index contributed by atoms with van der Waals surface area (Å²) in [6.07, 6.45) is -4.50. The predicted octanol–water partition coefficient (Wildman–Crippen LogP) is 3.02. The Morgan fingerprint density at radius 2 is 1.85 bits per heavy atom. The molecule has 2 aromatic rings. The third-order valence-electron chi connectivity index (χ3n) is 3.70. The van der Waals surface area contributed by atoms with Gasteiger partial charge in [0.1, 0.15) is 12.3 Å². The highest BCUT2D eigenvalue weighted by molar-refractivity contribution is 6.33. The molecule has 0 aliphatic rings. The number of ether oxygens (including phenoxy) is 1. The number of alkyl halides is 3. The lowest BCUT2D eigenvalue weighted by Crippen LogP contribution is -3.08. The molecule has 0 aromatic heterocycles. The van der Waals surface area contributed by atoms with E-state index in [4.69, 9.17) is 16.3 Å². The average Bonchev–Trinajstić information content (AvgIpc) is 2.56. The molecule has 4 nitrogen and oxygen atoms in total. The zero-order valence-corrected chi connectivity index (χ0v) is 15.0. The van der Waals surface area contributed by atoms with E-state index >= 15 is 0 Å². The summed E-state index contributed by atoms with van der Waals surface area (Å²) < 4.78 is 43.4. The summed E-state index contributed by atoms with van der Waals surface area (Å²) in [6, 6.07) is 10.3. The van der Waals surface area contributed by atoms with Crippen molar-refractivity contribution in [1.82, 2.24) is 0 Å². The molecular formula is C18H19ClF3N2O2+. The summed E-state index contributed by atoms with van der Waals surface area (Å²) in [5.74, 6) is 0.320. The van der Waals surface area contributed by atoms with Crippen molar-refractivity contribution in [3.05, 3.63) is 58.6 Å². The van der Waals surface area contributed by atoms with Crippen molar-refractivity contribution < 1.29 is 27.6 Å². The molecule has 0 bridgehead atoms. The second-order valence-electron chi connectivity index (χ2n) is 5.90. The summed E-state index contributed by atoms with van der Waals surface area (Å²) >= 11 is 5.88. The molecular weight excluding hydrogens is 369 g/mol. The van der Waals surface area contributed by atoms with E-state index in [-0.39, 0.29) is 17.3 Å². The van der Waals surface area contributed by atoms with Crippen LogP contribution in [0.3, 0.4) is 0 Å². The van der Waals surface area contributed by atoms with Gasteiger partial charge in [-0.05, 0) is 42.5 Å². The van der Waals surface area contributed by atoms with E-state index in [1.807, 2.05) is 31.3 Å². The maximum Gasteiger partial charge on any atom is 0.416 e. The molecule has 1 atom stereocenters. The fraction of sp³-hybridized carbons (Fsp3) is 0.278. The van der Waals surface area contributed by atoms with Crippen LogP contribution in [0.1, 0.15) is 11.1 Å². The highest BCUT2D eigenvalue weighted by Gasteiger charge is 2.31. The molecule has 0 fully saturated rings. The normalized spacial score (nSPS) is 12.5. The Morgan fingerprint density at radius 3 is 2.42 bits per heavy atom. The minimum Gasteiger partial charge on any atom is -0.497 e. The number of halogens is 4. The van der Waals surface area contributed by atoms with Gasteiger partial charge in [0, 0.05) is 5.56 Å². The van der Waals surface area contributed by atoms with E-state index in [9.17, 15) is 18.0 Å². The van der Waals surface area contributed by atoms with Gasteiger partial charge >= 0.3 is 6.18 Å². The number of nitrogens with one attached hydrogen (secondary N) is 2. The first-order valence-electron chi connectivity index (χ1n) is 7.80. The van der Waals surface area contributed by atoms with Crippen LogP contribution in [-0.4, -0.2) is 26.6 Å². The first-order chi connectivity index (χ1) is 12.2. The number of hydrogen-bond acceptors (Lipinski definition) is 2. The van der Waals surface area contributed by atoms with Crippen LogP contribution in [0.4, 0.5) is 18.9 Å². The largest absolute Gasteiger partial charge is 0.497 e. The first-order valence-corrected chi connectivity index (χ1v) is 8.17. The molecule has 0 aliphatic carbocycles. The van der Waals surface area contributed by atoms with Crippen LogP contribution in [0.2, 0.25) is 5.02 Å². The second kappa shape index (κ2) is 8.42. The number of likely N-dealkylation sites (N-methyl/N-ethyl adjacent to an activating group) is 1. The molecule has 2 aromatic carbocycles. The summed E-state index contributed by atoms with van der Waals surface area (Å²) in [5, 5.41) is 2.50. The van der Waals surface area contributed by atoms with E-state index in [0.29, 0.717) is 6.54 Å². The molecule has 0 heterocycles. The van der Waals surface area contributed by atoms with Crippen molar-refractivity contribution in [2.24, 2.45) is 0 Å². The third-order valence-corrected chi connectivity index (χ3v) is 4.02. The van der Waals surface area contributed by atoms with Crippen LogP contribution >= 0.6 is 11.6 Å². The average molecular weight is 388 g/mol. The number of hydrogen-bond donors (Lipinski definition) is 2. The highest BCUT2D eigenvalue weighted by Crippen LogP contribution is 2.33. The van der Waals surface area contributed by atoms with Gasteiger partial charge in [-0.25, -0.2) is 0 Å². The molecule has 8 heteroatoms. The van der Waals surface area contributed by atoms with E-state index in [1.165, 1.54) is 0 Å². The van der Waals surface area contributed by atoms with Crippen LogP contribution in [0, 0.1) is 0 Å². The Bertz CT molecular complexity index is 764. The first kappa shape index (κ1) is 20.1. The maximum atomic E-state index is 12.8. The summed E-state index contributed by atoms with van der Waals surface area (Å²) in [5.41, 5.74) is 0.0908. The summed E-state index contributed by atoms with van der Waals surface area (Å²) in [6.45, 7) is 0.659. The molecule has 26 heavy (non-hydrogen) atoms. The van der Waals surface area contributed by atoms with Crippen LogP contribution in [0.15, 0.2) is 42.5 Å². The van der Waals surface area contributed by atoms with Crippen molar-refractivity contribution in [3.63, 3.8) is 0 Å². The van der Waals surface area contributed by atoms with Crippen molar-refractivity contribution in [2.75, 3.05) is 26.0 Å². The molecule has 0 saturated carbocycles. The molecule has 0 saturated heterocycles. The van der Waals surface area contributed by atoms with Crippen molar-refractivity contribution >= 4 is 23.2 Å². The van der Waals surface area contributed by atoms with Crippen LogP contribution in [0.25, 0.3) is 0 Å². The summed E-state index contributed by atoms with van der Waals surface area (Å²) in [4.78, 5) is 13.0. The lowest BCUT2D eigenvalue weighted by atomic mass is 10.2. The Hall–Kier alpha value is -2.25. The van der Waals surface area contributed by atoms with Crippen LogP contribution in [0.5, 0.6) is 5.75 Å². The second-order valence-corrected chi connectivity index (χ2v) is 6.31. The van der Waals surface area contributed by atoms with Gasteiger partial charge in [0.25, 0.3) is 5.91 Å². The van der Waals surface area contributed by atoms with Gasteiger partial charge in [0.2, 0.25) is 0 Å². The number of amides is 1. The van der Waals surface area contributed by atoms with Gasteiger partial charge < -0.3 is 15.0 Å². The van der Waals surface area contributed by atoms with Gasteiger partial charge in [-0.15, -0.1) is 0 Å².